The Morgan fingerprint density at radius 1 is 0.774 bits per heavy atom. The van der Waals surface area contributed by atoms with Gasteiger partial charge in [0.05, 0.1) is 53.5 Å². The second-order valence-corrected chi connectivity index (χ2v) is 15.0. The maximum absolute atomic E-state index is 13.7. The molecule has 3 aliphatic heterocycles. The predicted molar refractivity (Wildman–Crippen MR) is 178 cm³/mol. The zero-order chi connectivity index (χ0) is 38.1. The summed E-state index contributed by atoms with van der Waals surface area (Å²) in [6, 6.07) is 3.94. The third-order valence-corrected chi connectivity index (χ3v) is 11.6. The number of phenols is 1. The Morgan fingerprint density at radius 2 is 1.43 bits per heavy atom. The van der Waals surface area contributed by atoms with Gasteiger partial charge < -0.3 is 69.3 Å². The van der Waals surface area contributed by atoms with Crippen molar-refractivity contribution in [2.75, 3.05) is 0 Å². The maximum Gasteiger partial charge on any atom is 0.183 e. The number of aliphatic hydroxyl groups is 7. The van der Waals surface area contributed by atoms with Crippen LogP contribution in [-0.2, 0) is 28.4 Å². The van der Waals surface area contributed by atoms with Crippen LogP contribution in [-0.4, -0.2) is 132 Å². The standard InChI is InChI=1S/C37H48O16/c1-4-37(47)13-21(26-29(35(37)45)33(44)27-28(32(26)43)31(42)25-16(30(27)41)6-5-7-17(25)38)51-24-12-19(40)34(15(3)49-24)52-22-11-9-20(14(2)48-22)50-23-10-8-18(39)36(46)53-23/h5-7,14-15,18-24,27-28,34-36,38-40,43-47H,4,8-13H2,1-3H3/t14?,15?,18?,19?,20?,21?,22?,23?,24?,27?,28?,34?,35?,36?,37-/m1/s1. The molecule has 4 fully saturated rings. The van der Waals surface area contributed by atoms with Crippen LogP contribution in [0, 0.1) is 11.8 Å². The van der Waals surface area contributed by atoms with Crippen LogP contribution >= 0.6 is 0 Å². The van der Waals surface area contributed by atoms with Gasteiger partial charge >= 0.3 is 0 Å². The SMILES string of the molecule is CC[C@@]1(O)CC(OC2CC(O)C(OC3CCC(OC4CCC(O)C(O)O4)C(C)O3)C(C)O2)C2=C(O)C3C(=O)c4c(O)cccc4C(=O)C3C(O)=C2C1O. The number of phenolic OH excluding ortho intramolecular Hbond substituents is 1. The molecule has 292 valence electrons. The van der Waals surface area contributed by atoms with Crippen LogP contribution in [0.15, 0.2) is 40.9 Å². The minimum absolute atomic E-state index is 0.0124. The van der Waals surface area contributed by atoms with Crippen molar-refractivity contribution in [3.8, 4) is 5.75 Å². The highest BCUT2D eigenvalue weighted by Gasteiger charge is 2.58. The summed E-state index contributed by atoms with van der Waals surface area (Å²) in [5.74, 6) is -6.58. The molecule has 16 heteroatoms. The number of ether oxygens (including phenoxy) is 6. The fourth-order valence-corrected chi connectivity index (χ4v) is 8.62. The zero-order valence-electron chi connectivity index (χ0n) is 29.6. The monoisotopic (exact) mass is 748 g/mol. The number of aliphatic hydroxyl groups excluding tert-OH is 6. The minimum Gasteiger partial charge on any atom is -0.511 e. The first-order valence-electron chi connectivity index (χ1n) is 18.3. The maximum atomic E-state index is 13.7. The molecular formula is C37H48O16. The Kier molecular flexibility index (Phi) is 10.5. The summed E-state index contributed by atoms with van der Waals surface area (Å²) in [7, 11) is 0. The van der Waals surface area contributed by atoms with Gasteiger partial charge in [-0.25, -0.2) is 0 Å². The van der Waals surface area contributed by atoms with E-state index >= 15 is 0 Å². The van der Waals surface area contributed by atoms with Crippen molar-refractivity contribution in [3.05, 3.63) is 52.0 Å². The topological polar surface area (TPSA) is 251 Å². The number of fused-ring (bicyclic) bond motifs is 3. The number of hydrogen-bond donors (Lipinski definition) is 8. The van der Waals surface area contributed by atoms with Gasteiger partial charge in [0.25, 0.3) is 0 Å². The van der Waals surface area contributed by atoms with Gasteiger partial charge in [-0.1, -0.05) is 19.1 Å². The third kappa shape index (κ3) is 6.71. The molecule has 14 unspecified atom stereocenters. The quantitative estimate of drug-likeness (QED) is 0.197. The first-order valence-corrected chi connectivity index (χ1v) is 18.3. The lowest BCUT2D eigenvalue weighted by molar-refractivity contribution is -0.330. The molecule has 15 atom stereocenters. The van der Waals surface area contributed by atoms with Gasteiger partial charge in [0.1, 0.15) is 35.6 Å². The highest BCUT2D eigenvalue weighted by Crippen LogP contribution is 2.52. The second kappa shape index (κ2) is 14.6. The Labute approximate surface area is 305 Å². The molecule has 0 bridgehead atoms. The molecule has 8 N–H and O–H groups in total. The van der Waals surface area contributed by atoms with Crippen molar-refractivity contribution in [1.29, 1.82) is 0 Å². The van der Waals surface area contributed by atoms with Gasteiger partial charge in [-0.05, 0) is 39.2 Å². The van der Waals surface area contributed by atoms with Crippen LogP contribution < -0.4 is 0 Å². The fourth-order valence-electron chi connectivity index (χ4n) is 8.62. The summed E-state index contributed by atoms with van der Waals surface area (Å²) in [5.41, 5.74) is -2.82. The number of carbonyl (C=O) groups excluding carboxylic acids is 2. The molecule has 0 spiro atoms. The van der Waals surface area contributed by atoms with Crippen LogP contribution in [0.3, 0.4) is 0 Å². The van der Waals surface area contributed by atoms with Gasteiger partial charge in [0.2, 0.25) is 0 Å². The number of rotatable bonds is 7. The van der Waals surface area contributed by atoms with E-state index in [2.05, 4.69) is 0 Å². The van der Waals surface area contributed by atoms with Crippen molar-refractivity contribution in [2.45, 2.75) is 145 Å². The molecule has 0 amide bonds. The number of carbonyl (C=O) groups is 2. The van der Waals surface area contributed by atoms with Crippen molar-refractivity contribution >= 4 is 11.6 Å². The molecule has 7 rings (SSSR count). The molecule has 0 radical (unpaired) electrons. The first-order chi connectivity index (χ1) is 25.1. The molecule has 6 aliphatic rings. The molecule has 3 saturated heterocycles. The fraction of sp³-hybridized carbons (Fsp3) is 0.676. The van der Waals surface area contributed by atoms with E-state index in [1.807, 2.05) is 6.92 Å². The predicted octanol–water partition coefficient (Wildman–Crippen LogP) is 1.54. The normalized spacial score (nSPS) is 43.3. The number of benzene rings is 1. The minimum atomic E-state index is -1.88. The summed E-state index contributed by atoms with van der Waals surface area (Å²) in [6.45, 7) is 5.09. The van der Waals surface area contributed by atoms with E-state index in [0.717, 1.165) is 0 Å². The highest BCUT2D eigenvalue weighted by molar-refractivity contribution is 6.19. The first kappa shape index (κ1) is 38.3. The second-order valence-electron chi connectivity index (χ2n) is 15.0. The van der Waals surface area contributed by atoms with Crippen molar-refractivity contribution < 1.29 is 78.9 Å². The average molecular weight is 749 g/mol. The largest absolute Gasteiger partial charge is 0.511 e. The van der Waals surface area contributed by atoms with Crippen LogP contribution in [0.2, 0.25) is 0 Å². The lowest BCUT2D eigenvalue weighted by atomic mass is 9.62. The van der Waals surface area contributed by atoms with Gasteiger partial charge in [-0.15, -0.1) is 0 Å². The molecule has 0 aromatic heterocycles. The summed E-state index contributed by atoms with van der Waals surface area (Å²) in [5, 5.41) is 87.5. The van der Waals surface area contributed by atoms with Crippen molar-refractivity contribution in [2.24, 2.45) is 11.8 Å². The third-order valence-electron chi connectivity index (χ3n) is 11.6. The molecule has 3 aliphatic carbocycles. The van der Waals surface area contributed by atoms with E-state index in [1.54, 1.807) is 13.8 Å². The van der Waals surface area contributed by atoms with E-state index in [9.17, 15) is 50.4 Å². The van der Waals surface area contributed by atoms with Crippen LogP contribution in [0.4, 0.5) is 0 Å². The Hall–Kier alpha value is -3.00. The number of Topliss-reactive ketones (excluding diaryl/α,β-unsaturated/α-hetero) is 2. The zero-order valence-corrected chi connectivity index (χ0v) is 29.6. The summed E-state index contributed by atoms with van der Waals surface area (Å²) in [4.78, 5) is 27.4. The average Bonchev–Trinajstić information content (AvgIpc) is 3.11. The van der Waals surface area contributed by atoms with Crippen molar-refractivity contribution in [1.82, 2.24) is 0 Å². The Morgan fingerprint density at radius 3 is 2.11 bits per heavy atom. The Balaban J connectivity index is 1.05. The van der Waals surface area contributed by atoms with Crippen LogP contribution in [0.1, 0.15) is 86.4 Å². The van der Waals surface area contributed by atoms with Gasteiger partial charge in [-0.3, -0.25) is 9.59 Å². The van der Waals surface area contributed by atoms with Gasteiger partial charge in [0.15, 0.2) is 36.7 Å². The summed E-state index contributed by atoms with van der Waals surface area (Å²) >= 11 is 0. The van der Waals surface area contributed by atoms with Crippen molar-refractivity contribution in [3.63, 3.8) is 0 Å². The number of aromatic hydroxyl groups is 1. The summed E-state index contributed by atoms with van der Waals surface area (Å²) in [6.07, 6.45) is -10.1. The van der Waals surface area contributed by atoms with E-state index in [0.29, 0.717) is 25.7 Å². The van der Waals surface area contributed by atoms with E-state index in [4.69, 9.17) is 28.4 Å². The molecule has 3 heterocycles. The molecule has 1 aromatic carbocycles. The molecule has 1 saturated carbocycles. The van der Waals surface area contributed by atoms with E-state index in [1.165, 1.54) is 18.2 Å². The lowest BCUT2D eigenvalue weighted by Gasteiger charge is -2.48. The number of ketones is 2. The van der Waals surface area contributed by atoms with Gasteiger partial charge in [0, 0.05) is 42.4 Å². The lowest BCUT2D eigenvalue weighted by Crippen LogP contribution is -2.57. The van der Waals surface area contributed by atoms with E-state index < -0.39 is 114 Å². The summed E-state index contributed by atoms with van der Waals surface area (Å²) < 4.78 is 36.0. The molecular weight excluding hydrogens is 700 g/mol. The van der Waals surface area contributed by atoms with Gasteiger partial charge in [-0.2, -0.15) is 0 Å². The molecule has 16 nitrogen and oxygen atoms in total. The van der Waals surface area contributed by atoms with E-state index in [-0.39, 0.29) is 47.6 Å². The molecule has 53 heavy (non-hydrogen) atoms. The smallest absolute Gasteiger partial charge is 0.183 e. The number of allylic oxidation sites excluding steroid dienone is 2. The Bertz CT molecular complexity index is 1650. The van der Waals surface area contributed by atoms with Crippen LogP contribution in [0.5, 0.6) is 5.75 Å². The highest BCUT2D eigenvalue weighted by atomic mass is 16.8. The molecule has 1 aromatic rings. The van der Waals surface area contributed by atoms with Crippen LogP contribution in [0.25, 0.3) is 0 Å². The number of hydrogen-bond acceptors (Lipinski definition) is 16.